The number of ether oxygens (including phenoxy) is 1. The van der Waals surface area contributed by atoms with Gasteiger partial charge in [-0.2, -0.15) is 0 Å². The van der Waals surface area contributed by atoms with E-state index in [1.165, 1.54) is 0 Å². The molecule has 4 heteroatoms. The van der Waals surface area contributed by atoms with Gasteiger partial charge in [-0.3, -0.25) is 0 Å². The highest BCUT2D eigenvalue weighted by atomic mass is 19.1. The van der Waals surface area contributed by atoms with Gasteiger partial charge in [0.2, 0.25) is 0 Å². The fraction of sp³-hybridized carbons (Fsp3) is 0.333. The molecule has 0 aliphatic rings. The molecule has 16 heavy (non-hydrogen) atoms. The molecule has 1 N–H and O–H groups in total. The van der Waals surface area contributed by atoms with Crippen LogP contribution < -0.4 is 10.1 Å². The molecule has 0 saturated heterocycles. The van der Waals surface area contributed by atoms with Crippen molar-refractivity contribution in [3.63, 3.8) is 0 Å². The van der Waals surface area contributed by atoms with Crippen LogP contribution in [0.4, 0.5) is 8.78 Å². The second kappa shape index (κ2) is 6.23. The molecule has 1 aromatic carbocycles. The standard InChI is InChI=1S/C12H15F2NO/c1-3-6-15-8-9(2)16-12-7-10(13)4-5-11(12)14/h3-5,7,9,15H,1,6,8H2,2H3. The summed E-state index contributed by atoms with van der Waals surface area (Å²) in [5.74, 6) is -1.13. The van der Waals surface area contributed by atoms with Crippen molar-refractivity contribution in [2.75, 3.05) is 13.1 Å². The van der Waals surface area contributed by atoms with E-state index in [9.17, 15) is 8.78 Å². The zero-order chi connectivity index (χ0) is 12.0. The molecule has 1 aromatic rings. The quantitative estimate of drug-likeness (QED) is 0.595. The topological polar surface area (TPSA) is 21.3 Å². The van der Waals surface area contributed by atoms with Gasteiger partial charge in [-0.05, 0) is 19.1 Å². The Morgan fingerprint density at radius 2 is 2.25 bits per heavy atom. The lowest BCUT2D eigenvalue weighted by Crippen LogP contribution is -2.29. The summed E-state index contributed by atoms with van der Waals surface area (Å²) in [6, 6.07) is 3.15. The van der Waals surface area contributed by atoms with Crippen LogP contribution in [0.5, 0.6) is 5.75 Å². The molecule has 1 unspecified atom stereocenters. The summed E-state index contributed by atoms with van der Waals surface area (Å²) in [6.45, 7) is 6.53. The van der Waals surface area contributed by atoms with E-state index < -0.39 is 11.6 Å². The molecular weight excluding hydrogens is 212 g/mol. The van der Waals surface area contributed by atoms with Gasteiger partial charge in [0.1, 0.15) is 11.9 Å². The van der Waals surface area contributed by atoms with E-state index in [1.54, 1.807) is 13.0 Å². The minimum Gasteiger partial charge on any atom is -0.486 e. The predicted molar refractivity (Wildman–Crippen MR) is 59.5 cm³/mol. The van der Waals surface area contributed by atoms with Crippen LogP contribution in [-0.2, 0) is 0 Å². The molecule has 0 heterocycles. The Morgan fingerprint density at radius 3 is 2.94 bits per heavy atom. The Hall–Kier alpha value is -1.42. The van der Waals surface area contributed by atoms with E-state index in [2.05, 4.69) is 11.9 Å². The van der Waals surface area contributed by atoms with Crippen LogP contribution in [-0.4, -0.2) is 19.2 Å². The van der Waals surface area contributed by atoms with Gasteiger partial charge in [0, 0.05) is 19.2 Å². The van der Waals surface area contributed by atoms with Crippen molar-refractivity contribution in [1.29, 1.82) is 0 Å². The van der Waals surface area contributed by atoms with Crippen molar-refractivity contribution in [3.8, 4) is 5.75 Å². The molecule has 2 nitrogen and oxygen atoms in total. The minimum atomic E-state index is -0.558. The van der Waals surface area contributed by atoms with Crippen molar-refractivity contribution in [1.82, 2.24) is 5.32 Å². The third-order valence-corrected chi connectivity index (χ3v) is 1.94. The van der Waals surface area contributed by atoms with Crippen molar-refractivity contribution in [2.45, 2.75) is 13.0 Å². The van der Waals surface area contributed by atoms with Crippen LogP contribution in [0.3, 0.4) is 0 Å². The first-order chi connectivity index (χ1) is 7.63. The van der Waals surface area contributed by atoms with Gasteiger partial charge in [-0.1, -0.05) is 6.08 Å². The van der Waals surface area contributed by atoms with E-state index >= 15 is 0 Å². The fourth-order valence-corrected chi connectivity index (χ4v) is 1.21. The van der Waals surface area contributed by atoms with E-state index in [1.807, 2.05) is 0 Å². The van der Waals surface area contributed by atoms with E-state index in [4.69, 9.17) is 4.74 Å². The molecule has 1 rings (SSSR count). The molecule has 0 bridgehead atoms. The highest BCUT2D eigenvalue weighted by molar-refractivity contribution is 5.25. The summed E-state index contributed by atoms with van der Waals surface area (Å²) in [5.41, 5.74) is 0. The SMILES string of the molecule is C=CCNCC(C)Oc1cc(F)ccc1F. The maximum atomic E-state index is 13.2. The normalized spacial score (nSPS) is 12.2. The molecule has 0 saturated carbocycles. The maximum Gasteiger partial charge on any atom is 0.165 e. The zero-order valence-corrected chi connectivity index (χ0v) is 9.17. The Balaban J connectivity index is 2.51. The van der Waals surface area contributed by atoms with Gasteiger partial charge in [0.15, 0.2) is 11.6 Å². The lowest BCUT2D eigenvalue weighted by atomic mass is 10.3. The summed E-state index contributed by atoms with van der Waals surface area (Å²) in [5, 5.41) is 3.03. The molecule has 0 amide bonds. The zero-order valence-electron chi connectivity index (χ0n) is 9.17. The van der Waals surface area contributed by atoms with Crippen LogP contribution in [0, 0.1) is 11.6 Å². The summed E-state index contributed by atoms with van der Waals surface area (Å²) < 4.78 is 31.3. The largest absolute Gasteiger partial charge is 0.486 e. The molecule has 1 atom stereocenters. The van der Waals surface area contributed by atoms with Crippen LogP contribution in [0.25, 0.3) is 0 Å². The molecule has 0 fully saturated rings. The van der Waals surface area contributed by atoms with Crippen LogP contribution in [0.1, 0.15) is 6.92 Å². The van der Waals surface area contributed by atoms with Gasteiger partial charge < -0.3 is 10.1 Å². The molecule has 0 aromatic heterocycles. The van der Waals surface area contributed by atoms with Gasteiger partial charge in [0.05, 0.1) is 0 Å². The third kappa shape index (κ3) is 3.98. The number of rotatable bonds is 6. The van der Waals surface area contributed by atoms with E-state index in [0.717, 1.165) is 18.2 Å². The molecule has 0 aliphatic carbocycles. The first kappa shape index (κ1) is 12.6. The average Bonchev–Trinajstić information content (AvgIpc) is 2.24. The second-order valence-electron chi connectivity index (χ2n) is 3.45. The fourth-order valence-electron chi connectivity index (χ4n) is 1.21. The monoisotopic (exact) mass is 227 g/mol. The Morgan fingerprint density at radius 1 is 1.50 bits per heavy atom. The number of benzene rings is 1. The van der Waals surface area contributed by atoms with Crippen LogP contribution in [0.2, 0.25) is 0 Å². The highest BCUT2D eigenvalue weighted by Gasteiger charge is 2.09. The summed E-state index contributed by atoms with van der Waals surface area (Å²) >= 11 is 0. The van der Waals surface area contributed by atoms with E-state index in [-0.39, 0.29) is 11.9 Å². The smallest absolute Gasteiger partial charge is 0.165 e. The van der Waals surface area contributed by atoms with E-state index in [0.29, 0.717) is 13.1 Å². The summed E-state index contributed by atoms with van der Waals surface area (Å²) in [7, 11) is 0. The molecular formula is C12H15F2NO. The average molecular weight is 227 g/mol. The lowest BCUT2D eigenvalue weighted by molar-refractivity contribution is 0.208. The summed E-state index contributed by atoms with van der Waals surface area (Å²) in [4.78, 5) is 0. The van der Waals surface area contributed by atoms with Crippen molar-refractivity contribution >= 4 is 0 Å². The first-order valence-corrected chi connectivity index (χ1v) is 5.07. The molecule has 0 spiro atoms. The molecule has 0 radical (unpaired) electrons. The first-order valence-electron chi connectivity index (χ1n) is 5.07. The van der Waals surface area contributed by atoms with Gasteiger partial charge in [-0.15, -0.1) is 6.58 Å². The summed E-state index contributed by atoms with van der Waals surface area (Å²) in [6.07, 6.45) is 1.48. The Labute approximate surface area is 93.9 Å². The predicted octanol–water partition coefficient (Wildman–Crippen LogP) is 2.51. The minimum absolute atomic E-state index is 0.0621. The number of nitrogens with one attached hydrogen (secondary N) is 1. The Bertz CT molecular complexity index is 355. The highest BCUT2D eigenvalue weighted by Crippen LogP contribution is 2.19. The van der Waals surface area contributed by atoms with Crippen molar-refractivity contribution in [2.24, 2.45) is 0 Å². The second-order valence-corrected chi connectivity index (χ2v) is 3.45. The van der Waals surface area contributed by atoms with Crippen molar-refractivity contribution in [3.05, 3.63) is 42.5 Å². The van der Waals surface area contributed by atoms with Gasteiger partial charge in [-0.25, -0.2) is 8.78 Å². The Kier molecular flexibility index (Phi) is 4.92. The third-order valence-electron chi connectivity index (χ3n) is 1.94. The number of halogens is 2. The number of hydrogen-bond acceptors (Lipinski definition) is 2. The van der Waals surface area contributed by atoms with Gasteiger partial charge in [0.25, 0.3) is 0 Å². The molecule has 88 valence electrons. The van der Waals surface area contributed by atoms with Crippen LogP contribution in [0.15, 0.2) is 30.9 Å². The lowest BCUT2D eigenvalue weighted by Gasteiger charge is -2.15. The van der Waals surface area contributed by atoms with Crippen LogP contribution >= 0.6 is 0 Å². The maximum absolute atomic E-state index is 13.2. The van der Waals surface area contributed by atoms with Crippen molar-refractivity contribution < 1.29 is 13.5 Å². The number of hydrogen-bond donors (Lipinski definition) is 1. The molecule has 0 aliphatic heterocycles. The van der Waals surface area contributed by atoms with Gasteiger partial charge >= 0.3 is 0 Å².